The molecule has 3 heterocycles. The first-order valence-electron chi connectivity index (χ1n) is 12.3. The molecule has 9 heteroatoms. The van der Waals surface area contributed by atoms with E-state index in [1.54, 1.807) is 12.1 Å². The molecule has 1 atom stereocenters. The quantitative estimate of drug-likeness (QED) is 0.525. The minimum atomic E-state index is -0.241. The number of hydrogen-bond donors (Lipinski definition) is 1. The Kier molecular flexibility index (Phi) is 6.62. The lowest BCUT2D eigenvalue weighted by Gasteiger charge is -2.35. The van der Waals surface area contributed by atoms with Gasteiger partial charge in [-0.1, -0.05) is 36.4 Å². The van der Waals surface area contributed by atoms with Gasteiger partial charge in [-0.25, -0.2) is 4.98 Å². The summed E-state index contributed by atoms with van der Waals surface area (Å²) < 4.78 is 2.04. The highest BCUT2D eigenvalue weighted by molar-refractivity contribution is 6.39. The Hall–Kier alpha value is -3.52. The molecule has 8 nitrogen and oxygen atoms in total. The van der Waals surface area contributed by atoms with Gasteiger partial charge in [0.1, 0.15) is 0 Å². The molecule has 2 aliphatic heterocycles. The fourth-order valence-corrected chi connectivity index (χ4v) is 5.67. The van der Waals surface area contributed by atoms with Crippen LogP contribution >= 0.6 is 11.6 Å². The number of rotatable bonds is 4. The van der Waals surface area contributed by atoms with E-state index in [0.29, 0.717) is 29.6 Å². The standard InChI is InChI=1S/C27H31ClN6O2/c1-4-22(35)33-13-9-8-12-19(17-33)34-24-20(16-21-25(23(24)28)32(3)15-14-31(21)2)29-27(34)30-26(36)18-10-6-5-7-11-18/h4-7,10-11,16,19H,1,8-9,12-15,17H2,2-3H3,(H,29,30,36)/t19-/m1/s1. The predicted molar refractivity (Wildman–Crippen MR) is 145 cm³/mol. The maximum atomic E-state index is 13.2. The summed E-state index contributed by atoms with van der Waals surface area (Å²) in [6.07, 6.45) is 4.05. The monoisotopic (exact) mass is 506 g/mol. The lowest BCUT2D eigenvalue weighted by Crippen LogP contribution is -2.37. The average molecular weight is 507 g/mol. The van der Waals surface area contributed by atoms with Gasteiger partial charge >= 0.3 is 0 Å². The van der Waals surface area contributed by atoms with Crippen molar-refractivity contribution >= 4 is 51.8 Å². The van der Waals surface area contributed by atoms with Crippen molar-refractivity contribution in [2.45, 2.75) is 25.3 Å². The molecule has 3 aromatic rings. The van der Waals surface area contributed by atoms with Gasteiger partial charge in [-0.05, 0) is 43.5 Å². The first-order chi connectivity index (χ1) is 17.4. The van der Waals surface area contributed by atoms with Gasteiger partial charge in [-0.15, -0.1) is 0 Å². The van der Waals surface area contributed by atoms with E-state index in [4.69, 9.17) is 16.6 Å². The molecule has 1 N–H and O–H groups in total. The molecule has 1 aromatic heterocycles. The molecule has 2 amide bonds. The second-order valence-corrected chi connectivity index (χ2v) is 9.91. The van der Waals surface area contributed by atoms with Crippen LogP contribution < -0.4 is 15.1 Å². The molecule has 2 aromatic carbocycles. The Morgan fingerprint density at radius 3 is 2.61 bits per heavy atom. The van der Waals surface area contributed by atoms with Crippen LogP contribution in [0.25, 0.3) is 11.0 Å². The van der Waals surface area contributed by atoms with Gasteiger partial charge < -0.3 is 19.3 Å². The van der Waals surface area contributed by atoms with Crippen molar-refractivity contribution in [1.29, 1.82) is 0 Å². The van der Waals surface area contributed by atoms with E-state index in [1.165, 1.54) is 6.08 Å². The van der Waals surface area contributed by atoms with Crippen LogP contribution in [0.3, 0.4) is 0 Å². The fraction of sp³-hybridized carbons (Fsp3) is 0.370. The molecule has 5 rings (SSSR count). The number of carbonyl (C=O) groups is 2. The number of nitrogens with one attached hydrogen (secondary N) is 1. The molecular formula is C27H31ClN6O2. The Morgan fingerprint density at radius 1 is 1.11 bits per heavy atom. The Labute approximate surface area is 216 Å². The summed E-state index contributed by atoms with van der Waals surface area (Å²) in [5.74, 6) is 0.104. The molecule has 0 radical (unpaired) electrons. The molecule has 2 aliphatic rings. The van der Waals surface area contributed by atoms with Crippen LogP contribution in [0.1, 0.15) is 35.7 Å². The average Bonchev–Trinajstić information content (AvgIpc) is 3.07. The summed E-state index contributed by atoms with van der Waals surface area (Å²) in [4.78, 5) is 36.8. The lowest BCUT2D eigenvalue weighted by atomic mass is 10.1. The third-order valence-corrected chi connectivity index (χ3v) is 7.55. The topological polar surface area (TPSA) is 73.7 Å². The summed E-state index contributed by atoms with van der Waals surface area (Å²) in [5, 5.41) is 3.64. The largest absolute Gasteiger partial charge is 0.371 e. The molecular weight excluding hydrogens is 476 g/mol. The van der Waals surface area contributed by atoms with Crippen LogP contribution in [0.15, 0.2) is 49.1 Å². The zero-order valence-corrected chi connectivity index (χ0v) is 21.5. The zero-order valence-electron chi connectivity index (χ0n) is 20.7. The van der Waals surface area contributed by atoms with E-state index in [2.05, 4.69) is 21.7 Å². The number of benzene rings is 2. The second-order valence-electron chi connectivity index (χ2n) is 9.53. The van der Waals surface area contributed by atoms with E-state index >= 15 is 0 Å². The van der Waals surface area contributed by atoms with Gasteiger partial charge in [0.05, 0.1) is 33.5 Å². The van der Waals surface area contributed by atoms with Crippen LogP contribution in [0.5, 0.6) is 0 Å². The van der Waals surface area contributed by atoms with Gasteiger partial charge in [0.25, 0.3) is 5.91 Å². The number of halogens is 1. The van der Waals surface area contributed by atoms with E-state index in [-0.39, 0.29) is 17.9 Å². The number of fused-ring (bicyclic) bond motifs is 2. The Balaban J connectivity index is 1.67. The van der Waals surface area contributed by atoms with E-state index in [0.717, 1.165) is 54.8 Å². The Bertz CT molecular complexity index is 1320. The van der Waals surface area contributed by atoms with Gasteiger partial charge in [0.2, 0.25) is 11.9 Å². The number of aromatic nitrogens is 2. The molecule has 0 saturated carbocycles. The summed E-state index contributed by atoms with van der Waals surface area (Å²) in [7, 11) is 4.09. The summed E-state index contributed by atoms with van der Waals surface area (Å²) in [5.41, 5.74) is 4.00. The minimum Gasteiger partial charge on any atom is -0.371 e. The van der Waals surface area contributed by atoms with Crippen LogP contribution in [0.4, 0.5) is 17.3 Å². The molecule has 0 spiro atoms. The highest BCUT2D eigenvalue weighted by Gasteiger charge is 2.31. The number of likely N-dealkylation sites (N-methyl/N-ethyl adjacent to an activating group) is 2. The zero-order chi connectivity index (χ0) is 25.4. The van der Waals surface area contributed by atoms with Crippen molar-refractivity contribution in [1.82, 2.24) is 14.5 Å². The molecule has 0 unspecified atom stereocenters. The smallest absolute Gasteiger partial charge is 0.257 e. The number of anilines is 3. The highest BCUT2D eigenvalue weighted by atomic mass is 35.5. The number of imidazole rings is 1. The molecule has 0 bridgehead atoms. The summed E-state index contributed by atoms with van der Waals surface area (Å²) >= 11 is 7.14. The van der Waals surface area contributed by atoms with Crippen LogP contribution in [-0.2, 0) is 4.79 Å². The van der Waals surface area contributed by atoms with Crippen LogP contribution in [0, 0.1) is 0 Å². The van der Waals surface area contributed by atoms with Gasteiger partial charge in [0, 0.05) is 45.8 Å². The van der Waals surface area contributed by atoms with Crippen molar-refractivity contribution in [3.05, 3.63) is 59.6 Å². The maximum absolute atomic E-state index is 13.2. The van der Waals surface area contributed by atoms with Gasteiger partial charge in [-0.3, -0.25) is 14.9 Å². The maximum Gasteiger partial charge on any atom is 0.257 e. The third kappa shape index (κ3) is 4.30. The number of carbonyl (C=O) groups excluding carboxylic acids is 2. The molecule has 36 heavy (non-hydrogen) atoms. The number of amides is 2. The first-order valence-corrected chi connectivity index (χ1v) is 12.7. The Morgan fingerprint density at radius 2 is 1.86 bits per heavy atom. The predicted octanol–water partition coefficient (Wildman–Crippen LogP) is 4.57. The van der Waals surface area contributed by atoms with Gasteiger partial charge in [-0.2, -0.15) is 0 Å². The fourth-order valence-electron chi connectivity index (χ4n) is 5.24. The van der Waals surface area contributed by atoms with Crippen molar-refractivity contribution < 1.29 is 9.59 Å². The highest BCUT2D eigenvalue weighted by Crippen LogP contribution is 2.45. The molecule has 1 fully saturated rings. The van der Waals surface area contributed by atoms with Crippen molar-refractivity contribution in [3.8, 4) is 0 Å². The number of nitrogens with zero attached hydrogens (tertiary/aromatic N) is 5. The van der Waals surface area contributed by atoms with Crippen molar-refractivity contribution in [3.63, 3.8) is 0 Å². The molecule has 188 valence electrons. The summed E-state index contributed by atoms with van der Waals surface area (Å²) in [6, 6.07) is 11.0. The van der Waals surface area contributed by atoms with E-state index in [9.17, 15) is 9.59 Å². The lowest BCUT2D eigenvalue weighted by molar-refractivity contribution is -0.126. The van der Waals surface area contributed by atoms with Crippen LogP contribution in [-0.4, -0.2) is 66.5 Å². The minimum absolute atomic E-state index is 0.0916. The third-order valence-electron chi connectivity index (χ3n) is 7.19. The van der Waals surface area contributed by atoms with Crippen molar-refractivity contribution in [2.24, 2.45) is 0 Å². The van der Waals surface area contributed by atoms with Gasteiger partial charge in [0.15, 0.2) is 0 Å². The number of likely N-dealkylation sites (tertiary alicyclic amines) is 1. The first kappa shape index (κ1) is 24.2. The molecule has 1 saturated heterocycles. The van der Waals surface area contributed by atoms with E-state index in [1.807, 2.05) is 47.8 Å². The normalized spacial score (nSPS) is 18.1. The van der Waals surface area contributed by atoms with E-state index < -0.39 is 0 Å². The van der Waals surface area contributed by atoms with Crippen LogP contribution in [0.2, 0.25) is 5.02 Å². The van der Waals surface area contributed by atoms with Crippen molar-refractivity contribution in [2.75, 3.05) is 55.4 Å². The second kappa shape index (κ2) is 9.85. The summed E-state index contributed by atoms with van der Waals surface area (Å²) in [6.45, 7) is 6.58. The molecule has 0 aliphatic carbocycles. The number of hydrogen-bond acceptors (Lipinski definition) is 5. The SMILES string of the molecule is C=CC(=O)N1CCCC[C@@H](n2c(NC(=O)c3ccccc3)nc3cc4c(c(Cl)c32)N(C)CCN4C)C1.